The molecule has 0 aromatic rings. The summed E-state index contributed by atoms with van der Waals surface area (Å²) in [7, 11) is 0. The van der Waals surface area contributed by atoms with Crippen LogP contribution in [0, 0.1) is 11.3 Å². The molecule has 0 rings (SSSR count). The van der Waals surface area contributed by atoms with Crippen LogP contribution in [0.3, 0.4) is 0 Å². The molecule has 48 valence electrons. The predicted octanol–water partition coefficient (Wildman–Crippen LogP) is -0.143. The van der Waals surface area contributed by atoms with E-state index >= 15 is 0 Å². The Labute approximate surface area is 49.7 Å². The predicted molar refractivity (Wildman–Crippen MR) is 32.0 cm³/mol. The van der Waals surface area contributed by atoms with E-state index in [0.717, 1.165) is 0 Å². The van der Waals surface area contributed by atoms with Crippen molar-refractivity contribution in [3.63, 3.8) is 0 Å². The van der Waals surface area contributed by atoms with E-state index in [1.54, 1.807) is 0 Å². The van der Waals surface area contributed by atoms with Crippen molar-refractivity contribution in [2.75, 3.05) is 13.2 Å². The summed E-state index contributed by atoms with van der Waals surface area (Å²) in [5.41, 5.74) is 4.78. The van der Waals surface area contributed by atoms with Crippen LogP contribution in [-0.2, 0) is 0 Å². The van der Waals surface area contributed by atoms with E-state index in [-0.39, 0.29) is 6.61 Å². The van der Waals surface area contributed by atoms with Gasteiger partial charge in [-0.3, -0.25) is 0 Å². The molecule has 0 aromatic carbocycles. The zero-order valence-corrected chi connectivity index (χ0v) is 5.09. The number of nitrogens with two attached hydrogens (primary N) is 1. The minimum absolute atomic E-state index is 0.0972. The molecule has 3 heteroatoms. The van der Waals surface area contributed by atoms with E-state index in [1.165, 1.54) is 0 Å². The third kappa shape index (κ3) is 52.9. The van der Waals surface area contributed by atoms with Crippen molar-refractivity contribution < 1.29 is 5.11 Å². The zero-order chi connectivity index (χ0) is 6.83. The molecule has 0 amide bonds. The molecule has 0 saturated carbocycles. The quantitative estimate of drug-likeness (QED) is 0.501. The van der Waals surface area contributed by atoms with Gasteiger partial charge in [0, 0.05) is 13.0 Å². The maximum atomic E-state index is 7.75. The molecule has 8 heavy (non-hydrogen) atoms. The van der Waals surface area contributed by atoms with E-state index in [0.29, 0.717) is 13.0 Å². The zero-order valence-electron chi connectivity index (χ0n) is 5.09. The third-order valence-corrected chi connectivity index (χ3v) is 0.287. The Hall–Kier alpha value is -0.590. The second kappa shape index (κ2) is 16.1. The molecule has 0 unspecified atom stereocenters. The SMILES string of the molecule is CCC#N.NCCO. The van der Waals surface area contributed by atoms with Crippen LogP contribution >= 0.6 is 0 Å². The molecule has 0 saturated heterocycles. The summed E-state index contributed by atoms with van der Waals surface area (Å²) in [6.07, 6.45) is 0.625. The molecule has 0 aliphatic heterocycles. The Balaban J connectivity index is 0. The van der Waals surface area contributed by atoms with Gasteiger partial charge in [-0.1, -0.05) is 6.92 Å². The van der Waals surface area contributed by atoms with Crippen LogP contribution in [0.15, 0.2) is 0 Å². The van der Waals surface area contributed by atoms with Crippen molar-refractivity contribution in [3.8, 4) is 6.07 Å². The molecule has 0 bridgehead atoms. The summed E-state index contributed by atoms with van der Waals surface area (Å²) in [5.74, 6) is 0. The van der Waals surface area contributed by atoms with Crippen LogP contribution < -0.4 is 5.73 Å². The van der Waals surface area contributed by atoms with Crippen molar-refractivity contribution in [1.82, 2.24) is 0 Å². The van der Waals surface area contributed by atoms with E-state index in [4.69, 9.17) is 16.1 Å². The van der Waals surface area contributed by atoms with Gasteiger partial charge in [0.1, 0.15) is 0 Å². The molecular weight excluding hydrogens is 104 g/mol. The van der Waals surface area contributed by atoms with Crippen molar-refractivity contribution in [3.05, 3.63) is 0 Å². The summed E-state index contributed by atoms with van der Waals surface area (Å²) in [5, 5.41) is 15.4. The van der Waals surface area contributed by atoms with Gasteiger partial charge in [-0.05, 0) is 0 Å². The first kappa shape index (κ1) is 10.4. The number of hydrogen-bond donors (Lipinski definition) is 2. The Morgan fingerprint density at radius 3 is 2.00 bits per heavy atom. The smallest absolute Gasteiger partial charge is 0.0618 e. The highest BCUT2D eigenvalue weighted by Gasteiger charge is 1.56. The number of hydrogen-bond acceptors (Lipinski definition) is 3. The van der Waals surface area contributed by atoms with Gasteiger partial charge in [0.05, 0.1) is 12.7 Å². The monoisotopic (exact) mass is 116 g/mol. The maximum Gasteiger partial charge on any atom is 0.0618 e. The summed E-state index contributed by atoms with van der Waals surface area (Å²) in [6.45, 7) is 2.29. The van der Waals surface area contributed by atoms with Crippen LogP contribution in [0.5, 0.6) is 0 Å². The highest BCUT2D eigenvalue weighted by Crippen LogP contribution is 1.58. The van der Waals surface area contributed by atoms with Crippen molar-refractivity contribution in [1.29, 1.82) is 5.26 Å². The van der Waals surface area contributed by atoms with Gasteiger partial charge in [0.15, 0.2) is 0 Å². The molecule has 0 aromatic heterocycles. The van der Waals surface area contributed by atoms with Gasteiger partial charge in [0.2, 0.25) is 0 Å². The van der Waals surface area contributed by atoms with E-state index in [2.05, 4.69) is 0 Å². The first-order chi connectivity index (χ1) is 3.83. The molecule has 0 heterocycles. The molecule has 0 atom stereocenters. The Kier molecular flexibility index (Phi) is 21.0. The summed E-state index contributed by atoms with van der Waals surface area (Å²) >= 11 is 0. The number of aliphatic hydroxyl groups excluding tert-OH is 1. The average molecular weight is 116 g/mol. The van der Waals surface area contributed by atoms with Crippen LogP contribution in [0.2, 0.25) is 0 Å². The fourth-order valence-electron chi connectivity index (χ4n) is 0. The summed E-state index contributed by atoms with van der Waals surface area (Å²) < 4.78 is 0. The fraction of sp³-hybridized carbons (Fsp3) is 0.800. The second-order valence-electron chi connectivity index (χ2n) is 1.02. The first-order valence-corrected chi connectivity index (χ1v) is 2.51. The molecule has 0 radical (unpaired) electrons. The summed E-state index contributed by atoms with van der Waals surface area (Å²) in [6, 6.07) is 1.93. The van der Waals surface area contributed by atoms with E-state index in [1.807, 2.05) is 13.0 Å². The Morgan fingerprint density at radius 1 is 1.75 bits per heavy atom. The second-order valence-corrected chi connectivity index (χ2v) is 1.02. The average Bonchev–Trinajstić information content (AvgIpc) is 1.88. The Morgan fingerprint density at radius 2 is 2.00 bits per heavy atom. The molecule has 0 fully saturated rings. The highest BCUT2D eigenvalue weighted by molar-refractivity contribution is 4.61. The number of rotatable bonds is 1. The van der Waals surface area contributed by atoms with Crippen molar-refractivity contribution in [2.24, 2.45) is 5.73 Å². The largest absolute Gasteiger partial charge is 0.395 e. The van der Waals surface area contributed by atoms with Gasteiger partial charge >= 0.3 is 0 Å². The standard InChI is InChI=1S/C3H5N.C2H7NO/c1-2-3-4;3-1-2-4/h2H2,1H3;4H,1-3H2. The first-order valence-electron chi connectivity index (χ1n) is 2.51. The fourth-order valence-corrected chi connectivity index (χ4v) is 0. The van der Waals surface area contributed by atoms with E-state index in [9.17, 15) is 0 Å². The van der Waals surface area contributed by atoms with Crippen LogP contribution in [-0.4, -0.2) is 18.3 Å². The lowest BCUT2D eigenvalue weighted by atomic mass is 10.6. The van der Waals surface area contributed by atoms with E-state index < -0.39 is 0 Å². The number of aliphatic hydroxyl groups is 1. The topological polar surface area (TPSA) is 70.0 Å². The molecule has 0 spiro atoms. The molecule has 3 nitrogen and oxygen atoms in total. The minimum atomic E-state index is 0.0972. The summed E-state index contributed by atoms with van der Waals surface area (Å²) in [4.78, 5) is 0. The maximum absolute atomic E-state index is 7.75. The number of nitrogens with zero attached hydrogens (tertiary/aromatic N) is 1. The molecule has 0 aliphatic carbocycles. The lowest BCUT2D eigenvalue weighted by Crippen LogP contribution is -2.02. The lowest BCUT2D eigenvalue weighted by Gasteiger charge is -1.71. The third-order valence-electron chi connectivity index (χ3n) is 0.287. The van der Waals surface area contributed by atoms with Crippen LogP contribution in [0.25, 0.3) is 0 Å². The van der Waals surface area contributed by atoms with Gasteiger partial charge in [0.25, 0.3) is 0 Å². The van der Waals surface area contributed by atoms with Gasteiger partial charge in [-0.15, -0.1) is 0 Å². The number of nitriles is 1. The normalized spacial score (nSPS) is 6.25. The Bertz CT molecular complexity index is 55.9. The van der Waals surface area contributed by atoms with Gasteiger partial charge < -0.3 is 10.8 Å². The van der Waals surface area contributed by atoms with Gasteiger partial charge in [-0.25, -0.2) is 0 Å². The minimum Gasteiger partial charge on any atom is -0.395 e. The lowest BCUT2D eigenvalue weighted by molar-refractivity contribution is 0.306. The molecule has 0 aliphatic rings. The van der Waals surface area contributed by atoms with Gasteiger partial charge in [-0.2, -0.15) is 5.26 Å². The molecular formula is C5H12N2O. The van der Waals surface area contributed by atoms with Crippen molar-refractivity contribution >= 4 is 0 Å². The van der Waals surface area contributed by atoms with Crippen LogP contribution in [0.1, 0.15) is 13.3 Å². The van der Waals surface area contributed by atoms with Crippen LogP contribution in [0.4, 0.5) is 0 Å². The highest BCUT2D eigenvalue weighted by atomic mass is 16.3. The van der Waals surface area contributed by atoms with Crippen molar-refractivity contribution in [2.45, 2.75) is 13.3 Å². The molecule has 3 N–H and O–H groups in total.